The average Bonchev–Trinajstić information content (AvgIpc) is 2.63. The van der Waals surface area contributed by atoms with E-state index >= 15 is 0 Å². The Bertz CT molecular complexity index is 685. The molecule has 0 radical (unpaired) electrons. The van der Waals surface area contributed by atoms with E-state index in [0.29, 0.717) is 18.1 Å². The predicted octanol–water partition coefficient (Wildman–Crippen LogP) is 1.73. The van der Waals surface area contributed by atoms with E-state index in [0.717, 1.165) is 38.3 Å². The Balaban J connectivity index is 1.72. The molecule has 2 aromatic rings. The maximum absolute atomic E-state index is 11.3. The van der Waals surface area contributed by atoms with Crippen molar-refractivity contribution in [2.24, 2.45) is 0 Å². The second-order valence-corrected chi connectivity index (χ2v) is 5.68. The summed E-state index contributed by atoms with van der Waals surface area (Å²) < 4.78 is 5.80. The lowest BCUT2D eigenvalue weighted by molar-refractivity contribution is 0.0690. The topological polar surface area (TPSA) is 74.7 Å². The lowest BCUT2D eigenvalue weighted by atomic mass is 10.1. The minimum atomic E-state index is -1.06. The molecule has 6 heteroatoms. The number of hydrogen-bond acceptors (Lipinski definition) is 5. The zero-order chi connectivity index (χ0) is 16.8. The molecule has 126 valence electrons. The molecule has 1 fully saturated rings. The first-order valence-corrected chi connectivity index (χ1v) is 8.09. The van der Waals surface area contributed by atoms with Crippen molar-refractivity contribution in [2.45, 2.75) is 0 Å². The Morgan fingerprint density at radius 2 is 1.96 bits per heavy atom. The van der Waals surface area contributed by atoms with E-state index in [1.807, 2.05) is 30.3 Å². The van der Waals surface area contributed by atoms with Crippen molar-refractivity contribution in [3.05, 3.63) is 48.2 Å². The van der Waals surface area contributed by atoms with Gasteiger partial charge in [-0.3, -0.25) is 4.90 Å². The van der Waals surface area contributed by atoms with Crippen LogP contribution in [0.2, 0.25) is 0 Å². The van der Waals surface area contributed by atoms with Crippen molar-refractivity contribution in [2.75, 3.05) is 39.3 Å². The maximum atomic E-state index is 11.3. The minimum Gasteiger partial charge on any atom is -0.492 e. The lowest BCUT2D eigenvalue weighted by Crippen LogP contribution is -2.44. The van der Waals surface area contributed by atoms with Gasteiger partial charge in [-0.05, 0) is 0 Å². The number of nitrogens with zero attached hydrogens (tertiary/aromatic N) is 2. The van der Waals surface area contributed by atoms with Gasteiger partial charge in [-0.2, -0.15) is 0 Å². The first kappa shape index (κ1) is 16.4. The van der Waals surface area contributed by atoms with Gasteiger partial charge in [0, 0.05) is 50.4 Å². The highest BCUT2D eigenvalue weighted by atomic mass is 16.5. The SMILES string of the molecule is O=C(O)c1cc(OCCN2CCNCC2)cc(-c2ccccc2)n1. The summed E-state index contributed by atoms with van der Waals surface area (Å²) in [6.45, 7) is 5.36. The van der Waals surface area contributed by atoms with E-state index in [1.165, 1.54) is 6.07 Å². The van der Waals surface area contributed by atoms with E-state index in [1.54, 1.807) is 6.07 Å². The van der Waals surface area contributed by atoms with Gasteiger partial charge in [0.05, 0.1) is 5.69 Å². The van der Waals surface area contributed by atoms with Crippen molar-refractivity contribution < 1.29 is 14.6 Å². The van der Waals surface area contributed by atoms with Crippen molar-refractivity contribution >= 4 is 5.97 Å². The number of aromatic nitrogens is 1. The molecule has 2 N–H and O–H groups in total. The van der Waals surface area contributed by atoms with E-state index in [2.05, 4.69) is 15.2 Å². The van der Waals surface area contributed by atoms with Crippen LogP contribution in [0.5, 0.6) is 5.75 Å². The van der Waals surface area contributed by atoms with Crippen LogP contribution < -0.4 is 10.1 Å². The van der Waals surface area contributed by atoms with Crippen LogP contribution in [0.15, 0.2) is 42.5 Å². The molecule has 0 amide bonds. The molecular weight excluding hydrogens is 306 g/mol. The number of hydrogen-bond donors (Lipinski definition) is 2. The molecule has 0 unspecified atom stereocenters. The maximum Gasteiger partial charge on any atom is 0.354 e. The Labute approximate surface area is 141 Å². The Hall–Kier alpha value is -2.44. The number of benzene rings is 1. The van der Waals surface area contributed by atoms with Gasteiger partial charge in [-0.1, -0.05) is 30.3 Å². The number of nitrogens with one attached hydrogen (secondary N) is 1. The van der Waals surface area contributed by atoms with Crippen LogP contribution in [-0.4, -0.2) is 60.3 Å². The van der Waals surface area contributed by atoms with Crippen LogP contribution in [0.1, 0.15) is 10.5 Å². The standard InChI is InChI=1S/C18H21N3O3/c22-18(23)17-13-15(24-11-10-21-8-6-19-7-9-21)12-16(20-17)14-4-2-1-3-5-14/h1-5,12-13,19H,6-11H2,(H,22,23). The van der Waals surface area contributed by atoms with Gasteiger partial charge in [0.25, 0.3) is 0 Å². The van der Waals surface area contributed by atoms with Gasteiger partial charge in [0.2, 0.25) is 0 Å². The number of pyridine rings is 1. The molecule has 1 aromatic heterocycles. The van der Waals surface area contributed by atoms with Gasteiger partial charge in [0.15, 0.2) is 5.69 Å². The highest BCUT2D eigenvalue weighted by Gasteiger charge is 2.12. The molecule has 0 spiro atoms. The molecule has 24 heavy (non-hydrogen) atoms. The lowest BCUT2D eigenvalue weighted by Gasteiger charge is -2.26. The fraction of sp³-hybridized carbons (Fsp3) is 0.333. The molecule has 6 nitrogen and oxygen atoms in total. The Morgan fingerprint density at radius 1 is 1.21 bits per heavy atom. The van der Waals surface area contributed by atoms with Gasteiger partial charge in [-0.15, -0.1) is 0 Å². The minimum absolute atomic E-state index is 0.00599. The zero-order valence-electron chi connectivity index (χ0n) is 13.4. The van der Waals surface area contributed by atoms with Gasteiger partial charge in [0.1, 0.15) is 12.4 Å². The summed E-state index contributed by atoms with van der Waals surface area (Å²) in [5.41, 5.74) is 1.47. The second-order valence-electron chi connectivity index (χ2n) is 5.68. The van der Waals surface area contributed by atoms with Crippen molar-refractivity contribution in [1.29, 1.82) is 0 Å². The number of carbonyl (C=O) groups is 1. The highest BCUT2D eigenvalue weighted by Crippen LogP contribution is 2.23. The summed E-state index contributed by atoms with van der Waals surface area (Å²) >= 11 is 0. The molecule has 1 aromatic carbocycles. The van der Waals surface area contributed by atoms with Crippen LogP contribution in [-0.2, 0) is 0 Å². The van der Waals surface area contributed by atoms with E-state index < -0.39 is 5.97 Å². The number of carboxylic acids is 1. The van der Waals surface area contributed by atoms with Gasteiger partial charge >= 0.3 is 5.97 Å². The molecule has 2 heterocycles. The van der Waals surface area contributed by atoms with Crippen LogP contribution in [0.25, 0.3) is 11.3 Å². The average molecular weight is 327 g/mol. The summed E-state index contributed by atoms with van der Waals surface area (Å²) in [7, 11) is 0. The third kappa shape index (κ3) is 4.31. The highest BCUT2D eigenvalue weighted by molar-refractivity contribution is 5.86. The molecule has 0 saturated carbocycles. The van der Waals surface area contributed by atoms with Crippen molar-refractivity contribution in [3.63, 3.8) is 0 Å². The molecule has 0 bridgehead atoms. The quantitative estimate of drug-likeness (QED) is 0.842. The summed E-state index contributed by atoms with van der Waals surface area (Å²) in [5.74, 6) is -0.517. The first-order valence-electron chi connectivity index (χ1n) is 8.09. The summed E-state index contributed by atoms with van der Waals surface area (Å²) in [6, 6.07) is 12.8. The largest absolute Gasteiger partial charge is 0.492 e. The van der Waals surface area contributed by atoms with Gasteiger partial charge < -0.3 is 15.2 Å². The van der Waals surface area contributed by atoms with Gasteiger partial charge in [-0.25, -0.2) is 9.78 Å². The third-order valence-corrected chi connectivity index (χ3v) is 3.97. The zero-order valence-corrected chi connectivity index (χ0v) is 13.4. The smallest absolute Gasteiger partial charge is 0.354 e. The second kappa shape index (κ2) is 7.90. The monoisotopic (exact) mass is 327 g/mol. The normalized spacial score (nSPS) is 15.2. The summed E-state index contributed by atoms with van der Waals surface area (Å²) in [5, 5.41) is 12.6. The van der Waals surface area contributed by atoms with E-state index in [-0.39, 0.29) is 5.69 Å². The summed E-state index contributed by atoms with van der Waals surface area (Å²) in [6.07, 6.45) is 0. The number of rotatable bonds is 6. The molecule has 3 rings (SSSR count). The molecule has 0 atom stereocenters. The van der Waals surface area contributed by atoms with Crippen LogP contribution >= 0.6 is 0 Å². The number of piperazine rings is 1. The fourth-order valence-electron chi connectivity index (χ4n) is 2.68. The third-order valence-electron chi connectivity index (χ3n) is 3.97. The summed E-state index contributed by atoms with van der Waals surface area (Å²) in [4.78, 5) is 17.9. The number of aromatic carboxylic acids is 1. The Kier molecular flexibility index (Phi) is 5.40. The molecule has 1 aliphatic rings. The molecule has 0 aliphatic carbocycles. The molecule has 1 aliphatic heterocycles. The van der Waals surface area contributed by atoms with Crippen molar-refractivity contribution in [3.8, 4) is 17.0 Å². The van der Waals surface area contributed by atoms with Crippen LogP contribution in [0.4, 0.5) is 0 Å². The molecule has 1 saturated heterocycles. The first-order chi connectivity index (χ1) is 11.7. The molecular formula is C18H21N3O3. The van der Waals surface area contributed by atoms with Crippen LogP contribution in [0, 0.1) is 0 Å². The Morgan fingerprint density at radius 3 is 2.67 bits per heavy atom. The predicted molar refractivity (Wildman–Crippen MR) is 91.4 cm³/mol. The number of carboxylic acid groups (broad SMARTS) is 1. The van der Waals surface area contributed by atoms with E-state index in [4.69, 9.17) is 4.74 Å². The van der Waals surface area contributed by atoms with Crippen molar-refractivity contribution in [1.82, 2.24) is 15.2 Å². The van der Waals surface area contributed by atoms with E-state index in [9.17, 15) is 9.90 Å². The van der Waals surface area contributed by atoms with Crippen LogP contribution in [0.3, 0.4) is 0 Å². The fourth-order valence-corrected chi connectivity index (χ4v) is 2.68. The number of ether oxygens (including phenoxy) is 1.